The number of ether oxygens (including phenoxy) is 1. The second-order valence-corrected chi connectivity index (χ2v) is 7.03. The summed E-state index contributed by atoms with van der Waals surface area (Å²) in [6.07, 6.45) is 5.39. The van der Waals surface area contributed by atoms with Crippen molar-refractivity contribution in [2.75, 3.05) is 13.2 Å². The van der Waals surface area contributed by atoms with Gasteiger partial charge in [-0.25, -0.2) is 0 Å². The first-order valence-electron chi connectivity index (χ1n) is 8.31. The lowest BCUT2D eigenvalue weighted by Gasteiger charge is -2.34. The van der Waals surface area contributed by atoms with Gasteiger partial charge in [0, 0.05) is 10.5 Å². The summed E-state index contributed by atoms with van der Waals surface area (Å²) in [4.78, 5) is 0. The first-order valence-corrected chi connectivity index (χ1v) is 9.10. The first-order chi connectivity index (χ1) is 10.2. The molecule has 0 bridgehead atoms. The van der Waals surface area contributed by atoms with Gasteiger partial charge in [-0.05, 0) is 55.8 Å². The quantitative estimate of drug-likeness (QED) is 0.746. The average molecular weight is 354 g/mol. The van der Waals surface area contributed by atoms with Crippen LogP contribution in [-0.4, -0.2) is 13.2 Å². The van der Waals surface area contributed by atoms with Crippen molar-refractivity contribution in [3.8, 4) is 5.75 Å². The molecular weight excluding hydrogens is 326 g/mol. The molecule has 2 nitrogen and oxygen atoms in total. The summed E-state index contributed by atoms with van der Waals surface area (Å²) in [5.74, 6) is 2.59. The Morgan fingerprint density at radius 3 is 2.52 bits per heavy atom. The summed E-state index contributed by atoms with van der Waals surface area (Å²) in [6, 6.07) is 6.88. The zero-order valence-electron chi connectivity index (χ0n) is 13.5. The summed E-state index contributed by atoms with van der Waals surface area (Å²) in [7, 11) is 0. The second-order valence-electron chi connectivity index (χ2n) is 6.17. The van der Waals surface area contributed by atoms with Crippen LogP contribution >= 0.6 is 15.9 Å². The fourth-order valence-corrected chi connectivity index (χ4v) is 3.99. The van der Waals surface area contributed by atoms with E-state index in [1.165, 1.54) is 31.2 Å². The molecule has 1 saturated carbocycles. The topological polar surface area (TPSA) is 21.3 Å². The minimum Gasteiger partial charge on any atom is -0.494 e. The summed E-state index contributed by atoms with van der Waals surface area (Å²) in [5, 5.41) is 3.70. The molecule has 1 aromatic rings. The SMILES string of the molecule is CCNC(c1ccc(OCC)cc1Br)C1CCC(C)CC1. The van der Waals surface area contributed by atoms with Crippen LogP contribution in [0.2, 0.25) is 0 Å². The second kappa shape index (κ2) is 8.19. The first kappa shape index (κ1) is 16.8. The van der Waals surface area contributed by atoms with E-state index in [1.807, 2.05) is 6.92 Å². The number of hydrogen-bond donors (Lipinski definition) is 1. The Labute approximate surface area is 137 Å². The molecule has 0 saturated heterocycles. The lowest BCUT2D eigenvalue weighted by Crippen LogP contribution is -2.31. The zero-order valence-corrected chi connectivity index (χ0v) is 15.1. The van der Waals surface area contributed by atoms with E-state index in [1.54, 1.807) is 0 Å². The van der Waals surface area contributed by atoms with Crippen molar-refractivity contribution in [1.29, 1.82) is 0 Å². The fraction of sp³-hybridized carbons (Fsp3) is 0.667. The molecule has 0 aromatic heterocycles. The Morgan fingerprint density at radius 2 is 1.95 bits per heavy atom. The third kappa shape index (κ3) is 4.46. The molecule has 1 unspecified atom stereocenters. The minimum absolute atomic E-state index is 0.451. The Morgan fingerprint density at radius 1 is 1.24 bits per heavy atom. The van der Waals surface area contributed by atoms with E-state index >= 15 is 0 Å². The molecule has 0 spiro atoms. The maximum atomic E-state index is 5.59. The molecule has 1 N–H and O–H groups in total. The largest absolute Gasteiger partial charge is 0.494 e. The van der Waals surface area contributed by atoms with E-state index in [9.17, 15) is 0 Å². The summed E-state index contributed by atoms with van der Waals surface area (Å²) in [5.41, 5.74) is 1.37. The van der Waals surface area contributed by atoms with Crippen LogP contribution in [0.25, 0.3) is 0 Å². The van der Waals surface area contributed by atoms with Gasteiger partial charge in [-0.15, -0.1) is 0 Å². The van der Waals surface area contributed by atoms with E-state index in [2.05, 4.69) is 53.3 Å². The Balaban J connectivity index is 2.17. The molecule has 0 amide bonds. The summed E-state index contributed by atoms with van der Waals surface area (Å²) < 4.78 is 6.76. The third-order valence-corrected chi connectivity index (χ3v) is 5.26. The lowest BCUT2D eigenvalue weighted by molar-refractivity contribution is 0.232. The van der Waals surface area contributed by atoms with Crippen LogP contribution in [0.1, 0.15) is 58.1 Å². The van der Waals surface area contributed by atoms with E-state index in [-0.39, 0.29) is 0 Å². The fourth-order valence-electron chi connectivity index (χ4n) is 3.39. The molecule has 1 aliphatic rings. The van der Waals surface area contributed by atoms with Crippen molar-refractivity contribution in [2.24, 2.45) is 11.8 Å². The standard InChI is InChI=1S/C18H28BrNO/c1-4-20-18(14-8-6-13(3)7-9-14)16-11-10-15(21-5-2)12-17(16)19/h10-14,18,20H,4-9H2,1-3H3. The molecule has 1 aromatic carbocycles. The number of halogens is 1. The molecule has 2 rings (SSSR count). The van der Waals surface area contributed by atoms with Gasteiger partial charge in [0.05, 0.1) is 6.61 Å². The van der Waals surface area contributed by atoms with E-state index in [0.717, 1.165) is 28.6 Å². The molecule has 1 fully saturated rings. The molecule has 21 heavy (non-hydrogen) atoms. The molecule has 0 radical (unpaired) electrons. The third-order valence-electron chi connectivity index (χ3n) is 4.57. The molecular formula is C18H28BrNO. The van der Waals surface area contributed by atoms with Crippen molar-refractivity contribution >= 4 is 15.9 Å². The predicted octanol–water partition coefficient (Wildman–Crippen LogP) is 5.32. The van der Waals surface area contributed by atoms with Crippen LogP contribution < -0.4 is 10.1 Å². The van der Waals surface area contributed by atoms with Crippen LogP contribution in [0.15, 0.2) is 22.7 Å². The zero-order chi connectivity index (χ0) is 15.2. The van der Waals surface area contributed by atoms with Gasteiger partial charge in [0.25, 0.3) is 0 Å². The van der Waals surface area contributed by atoms with Gasteiger partial charge in [0.1, 0.15) is 5.75 Å². The van der Waals surface area contributed by atoms with E-state index in [0.29, 0.717) is 12.6 Å². The number of nitrogens with one attached hydrogen (secondary N) is 1. The number of benzene rings is 1. The molecule has 0 heterocycles. The lowest BCUT2D eigenvalue weighted by atomic mass is 9.77. The normalized spacial score (nSPS) is 23.8. The van der Waals surface area contributed by atoms with E-state index < -0.39 is 0 Å². The van der Waals surface area contributed by atoms with Gasteiger partial charge in [-0.3, -0.25) is 0 Å². The Hall–Kier alpha value is -0.540. The van der Waals surface area contributed by atoms with Crippen LogP contribution in [0.3, 0.4) is 0 Å². The Bertz CT molecular complexity index is 441. The molecule has 1 atom stereocenters. The van der Waals surface area contributed by atoms with Crippen molar-refractivity contribution in [2.45, 2.75) is 52.5 Å². The van der Waals surface area contributed by atoms with Gasteiger partial charge >= 0.3 is 0 Å². The van der Waals surface area contributed by atoms with Crippen LogP contribution in [0, 0.1) is 11.8 Å². The highest BCUT2D eigenvalue weighted by atomic mass is 79.9. The average Bonchev–Trinajstić information content (AvgIpc) is 2.47. The van der Waals surface area contributed by atoms with Gasteiger partial charge < -0.3 is 10.1 Å². The number of rotatable bonds is 6. The van der Waals surface area contributed by atoms with Crippen molar-refractivity contribution in [3.05, 3.63) is 28.2 Å². The molecule has 1 aliphatic carbocycles. The van der Waals surface area contributed by atoms with Gasteiger partial charge in [-0.2, -0.15) is 0 Å². The smallest absolute Gasteiger partial charge is 0.120 e. The van der Waals surface area contributed by atoms with Crippen molar-refractivity contribution < 1.29 is 4.74 Å². The van der Waals surface area contributed by atoms with Crippen molar-refractivity contribution in [1.82, 2.24) is 5.32 Å². The molecule has 3 heteroatoms. The van der Waals surface area contributed by atoms with Crippen LogP contribution in [0.4, 0.5) is 0 Å². The van der Waals surface area contributed by atoms with Crippen LogP contribution in [0.5, 0.6) is 5.75 Å². The van der Waals surface area contributed by atoms with Crippen LogP contribution in [-0.2, 0) is 0 Å². The minimum atomic E-state index is 0.451. The van der Waals surface area contributed by atoms with Crippen molar-refractivity contribution in [3.63, 3.8) is 0 Å². The highest BCUT2D eigenvalue weighted by molar-refractivity contribution is 9.10. The monoisotopic (exact) mass is 353 g/mol. The summed E-state index contributed by atoms with van der Waals surface area (Å²) >= 11 is 3.75. The predicted molar refractivity (Wildman–Crippen MR) is 92.9 cm³/mol. The molecule has 0 aliphatic heterocycles. The maximum absolute atomic E-state index is 5.59. The highest BCUT2D eigenvalue weighted by Crippen LogP contribution is 2.39. The molecule has 118 valence electrons. The summed E-state index contributed by atoms with van der Waals surface area (Å²) in [6.45, 7) is 8.32. The van der Waals surface area contributed by atoms with Gasteiger partial charge in [0.15, 0.2) is 0 Å². The van der Waals surface area contributed by atoms with E-state index in [4.69, 9.17) is 4.74 Å². The highest BCUT2D eigenvalue weighted by Gasteiger charge is 2.27. The maximum Gasteiger partial charge on any atom is 0.120 e. The van der Waals surface area contributed by atoms with Gasteiger partial charge in [0.2, 0.25) is 0 Å². The number of hydrogen-bond acceptors (Lipinski definition) is 2. The van der Waals surface area contributed by atoms with Gasteiger partial charge in [-0.1, -0.05) is 48.7 Å². The Kier molecular flexibility index (Phi) is 6.56.